The van der Waals surface area contributed by atoms with E-state index in [9.17, 15) is 9.59 Å². The molecule has 2 aromatic carbocycles. The average Bonchev–Trinajstić information content (AvgIpc) is 3.10. The van der Waals surface area contributed by atoms with Gasteiger partial charge in [-0.15, -0.1) is 0 Å². The number of anilines is 2. The number of nitrogens with one attached hydrogen (secondary N) is 1. The van der Waals surface area contributed by atoms with E-state index in [1.165, 1.54) is 6.08 Å². The molecular formula is C26H25BrN4O2. The quantitative estimate of drug-likeness (QED) is 0.504. The SMILES string of the molecule is O=C(/C=C/c1ccccc1)Nc1ccc(N2CCCN(C(=O)c3cccc(Br)c3)CC2)nc1. The van der Waals surface area contributed by atoms with Crippen molar-refractivity contribution >= 4 is 45.3 Å². The van der Waals surface area contributed by atoms with Gasteiger partial charge in [-0.1, -0.05) is 52.3 Å². The number of benzene rings is 2. The lowest BCUT2D eigenvalue weighted by Gasteiger charge is -2.23. The molecule has 0 saturated carbocycles. The summed E-state index contributed by atoms with van der Waals surface area (Å²) in [5.74, 6) is 0.683. The molecule has 2 heterocycles. The number of amides is 2. The van der Waals surface area contributed by atoms with Gasteiger partial charge in [-0.3, -0.25) is 9.59 Å². The van der Waals surface area contributed by atoms with Gasteiger partial charge in [-0.2, -0.15) is 0 Å². The van der Waals surface area contributed by atoms with E-state index in [-0.39, 0.29) is 11.8 Å². The topological polar surface area (TPSA) is 65.5 Å². The smallest absolute Gasteiger partial charge is 0.253 e. The molecule has 1 saturated heterocycles. The maximum absolute atomic E-state index is 12.9. The van der Waals surface area contributed by atoms with Crippen LogP contribution in [0.5, 0.6) is 0 Å². The molecule has 0 unspecified atom stereocenters. The van der Waals surface area contributed by atoms with E-state index < -0.39 is 0 Å². The highest BCUT2D eigenvalue weighted by atomic mass is 79.9. The second kappa shape index (κ2) is 10.9. The Bertz CT molecular complexity index is 1130. The molecule has 0 aliphatic carbocycles. The minimum Gasteiger partial charge on any atom is -0.355 e. The monoisotopic (exact) mass is 504 g/mol. The first kappa shape index (κ1) is 22.7. The van der Waals surface area contributed by atoms with Crippen molar-refractivity contribution in [2.24, 2.45) is 0 Å². The molecule has 33 heavy (non-hydrogen) atoms. The van der Waals surface area contributed by atoms with E-state index in [1.807, 2.05) is 71.6 Å². The molecule has 1 aliphatic heterocycles. The fourth-order valence-electron chi connectivity index (χ4n) is 3.72. The van der Waals surface area contributed by atoms with Crippen LogP contribution in [0, 0.1) is 0 Å². The summed E-state index contributed by atoms with van der Waals surface area (Å²) in [6.07, 6.45) is 5.81. The van der Waals surface area contributed by atoms with Gasteiger partial charge in [-0.05, 0) is 48.4 Å². The van der Waals surface area contributed by atoms with Crippen LogP contribution in [-0.2, 0) is 4.79 Å². The van der Waals surface area contributed by atoms with E-state index in [0.717, 1.165) is 28.8 Å². The molecule has 4 rings (SSSR count). The summed E-state index contributed by atoms with van der Waals surface area (Å²) in [4.78, 5) is 33.7. The van der Waals surface area contributed by atoms with Crippen molar-refractivity contribution in [1.82, 2.24) is 9.88 Å². The molecular weight excluding hydrogens is 480 g/mol. The lowest BCUT2D eigenvalue weighted by Crippen LogP contribution is -2.35. The molecule has 3 aromatic rings. The summed E-state index contributed by atoms with van der Waals surface area (Å²) in [6, 6.07) is 20.9. The number of rotatable bonds is 5. The zero-order valence-electron chi connectivity index (χ0n) is 18.2. The predicted octanol–water partition coefficient (Wildman–Crippen LogP) is 4.85. The van der Waals surface area contributed by atoms with Crippen LogP contribution in [0.2, 0.25) is 0 Å². The molecule has 1 aromatic heterocycles. The van der Waals surface area contributed by atoms with Gasteiger partial charge in [-0.25, -0.2) is 4.98 Å². The van der Waals surface area contributed by atoms with Crippen LogP contribution >= 0.6 is 15.9 Å². The van der Waals surface area contributed by atoms with Crippen LogP contribution in [0.3, 0.4) is 0 Å². The Morgan fingerprint density at radius 3 is 2.55 bits per heavy atom. The van der Waals surface area contributed by atoms with Crippen molar-refractivity contribution in [3.63, 3.8) is 0 Å². The summed E-state index contributed by atoms with van der Waals surface area (Å²) in [5, 5.41) is 2.84. The molecule has 2 amide bonds. The van der Waals surface area contributed by atoms with E-state index in [1.54, 1.807) is 12.3 Å². The molecule has 0 bridgehead atoms. The second-order valence-electron chi connectivity index (χ2n) is 7.78. The highest BCUT2D eigenvalue weighted by molar-refractivity contribution is 9.10. The van der Waals surface area contributed by atoms with Gasteiger partial charge >= 0.3 is 0 Å². The minimum atomic E-state index is -0.204. The van der Waals surface area contributed by atoms with E-state index in [4.69, 9.17) is 0 Å². The summed E-state index contributed by atoms with van der Waals surface area (Å²) in [6.45, 7) is 2.87. The largest absolute Gasteiger partial charge is 0.355 e. The molecule has 0 radical (unpaired) electrons. The Morgan fingerprint density at radius 2 is 1.79 bits per heavy atom. The van der Waals surface area contributed by atoms with Crippen LogP contribution in [0.1, 0.15) is 22.3 Å². The molecule has 6 nitrogen and oxygen atoms in total. The number of halogens is 1. The van der Waals surface area contributed by atoms with E-state index >= 15 is 0 Å². The lowest BCUT2D eigenvalue weighted by molar-refractivity contribution is -0.111. The van der Waals surface area contributed by atoms with Crippen molar-refractivity contribution < 1.29 is 9.59 Å². The first-order valence-corrected chi connectivity index (χ1v) is 11.7. The Hall–Kier alpha value is -3.45. The third-order valence-corrected chi connectivity index (χ3v) is 5.91. The standard InChI is InChI=1S/C26H25BrN4O2/c27-22-9-4-8-21(18-22)26(33)31-15-5-14-30(16-17-31)24-12-11-23(19-28-24)29-25(32)13-10-20-6-2-1-3-7-20/h1-4,6-13,18-19H,5,14-17H2,(H,29,32)/b13-10+. The summed E-state index contributed by atoms with van der Waals surface area (Å²) >= 11 is 3.43. The van der Waals surface area contributed by atoms with Crippen molar-refractivity contribution in [1.29, 1.82) is 0 Å². The van der Waals surface area contributed by atoms with E-state index in [2.05, 4.69) is 31.1 Å². The van der Waals surface area contributed by atoms with Crippen molar-refractivity contribution in [2.75, 3.05) is 36.4 Å². The average molecular weight is 505 g/mol. The number of aromatic nitrogens is 1. The number of pyridine rings is 1. The predicted molar refractivity (Wildman–Crippen MR) is 135 cm³/mol. The second-order valence-corrected chi connectivity index (χ2v) is 8.70. The van der Waals surface area contributed by atoms with Crippen LogP contribution in [0.25, 0.3) is 6.08 Å². The molecule has 1 fully saturated rings. The van der Waals surface area contributed by atoms with Crippen LogP contribution in [0.15, 0.2) is 83.5 Å². The number of hydrogen-bond acceptors (Lipinski definition) is 4. The fourth-order valence-corrected chi connectivity index (χ4v) is 4.12. The van der Waals surface area contributed by atoms with Crippen molar-refractivity contribution in [3.05, 3.63) is 94.6 Å². The lowest BCUT2D eigenvalue weighted by atomic mass is 10.2. The Balaban J connectivity index is 1.33. The minimum absolute atomic E-state index is 0.0488. The van der Waals surface area contributed by atoms with Crippen molar-refractivity contribution in [3.8, 4) is 0 Å². The number of nitrogens with zero attached hydrogens (tertiary/aromatic N) is 3. The third-order valence-electron chi connectivity index (χ3n) is 5.42. The zero-order valence-corrected chi connectivity index (χ0v) is 19.7. The zero-order chi connectivity index (χ0) is 23.0. The van der Waals surface area contributed by atoms with Crippen LogP contribution < -0.4 is 10.2 Å². The molecule has 7 heteroatoms. The molecule has 0 atom stereocenters. The molecule has 1 aliphatic rings. The molecule has 0 spiro atoms. The third kappa shape index (κ3) is 6.29. The van der Waals surface area contributed by atoms with Gasteiger partial charge < -0.3 is 15.1 Å². The van der Waals surface area contributed by atoms with Gasteiger partial charge in [0.05, 0.1) is 11.9 Å². The number of carbonyl (C=O) groups is 2. The number of carbonyl (C=O) groups excluding carboxylic acids is 2. The highest BCUT2D eigenvalue weighted by Gasteiger charge is 2.21. The van der Waals surface area contributed by atoms with Crippen LogP contribution in [-0.4, -0.2) is 47.9 Å². The fraction of sp³-hybridized carbons (Fsp3) is 0.192. The normalized spacial score (nSPS) is 14.2. The first-order valence-electron chi connectivity index (χ1n) is 10.9. The summed E-state index contributed by atoms with van der Waals surface area (Å²) in [5.41, 5.74) is 2.30. The van der Waals surface area contributed by atoms with Crippen LogP contribution in [0.4, 0.5) is 11.5 Å². The maximum atomic E-state index is 12.9. The maximum Gasteiger partial charge on any atom is 0.253 e. The van der Waals surface area contributed by atoms with Gasteiger partial charge in [0.25, 0.3) is 5.91 Å². The highest BCUT2D eigenvalue weighted by Crippen LogP contribution is 2.19. The van der Waals surface area contributed by atoms with Crippen molar-refractivity contribution in [2.45, 2.75) is 6.42 Å². The van der Waals surface area contributed by atoms with Gasteiger partial charge in [0, 0.05) is 42.3 Å². The Labute approximate surface area is 202 Å². The molecule has 1 N–H and O–H groups in total. The number of hydrogen-bond donors (Lipinski definition) is 1. The summed E-state index contributed by atoms with van der Waals surface area (Å²) < 4.78 is 0.900. The van der Waals surface area contributed by atoms with E-state index in [0.29, 0.717) is 30.9 Å². The Morgan fingerprint density at radius 1 is 0.939 bits per heavy atom. The first-order chi connectivity index (χ1) is 16.1. The Kier molecular flexibility index (Phi) is 7.52. The van der Waals surface area contributed by atoms with Gasteiger partial charge in [0.15, 0.2) is 0 Å². The summed E-state index contributed by atoms with van der Waals surface area (Å²) in [7, 11) is 0. The van der Waals surface area contributed by atoms with Gasteiger partial charge in [0.2, 0.25) is 5.91 Å². The molecule has 168 valence electrons. The van der Waals surface area contributed by atoms with Gasteiger partial charge in [0.1, 0.15) is 5.82 Å².